The SMILES string of the molecule is CCCNC(=O)[C@H]1CCCN1S(=O)(=O)c1ccc2ccccc2c1. The second-order valence-electron chi connectivity index (χ2n) is 6.07. The molecule has 1 saturated heterocycles. The van der Waals surface area contributed by atoms with Gasteiger partial charge in [-0.3, -0.25) is 4.79 Å². The molecule has 1 atom stereocenters. The van der Waals surface area contributed by atoms with Gasteiger partial charge in [0.15, 0.2) is 0 Å². The summed E-state index contributed by atoms with van der Waals surface area (Å²) in [4.78, 5) is 12.5. The lowest BCUT2D eigenvalue weighted by Gasteiger charge is -2.23. The molecular weight excluding hydrogens is 324 g/mol. The molecule has 0 radical (unpaired) electrons. The maximum absolute atomic E-state index is 13.0. The van der Waals surface area contributed by atoms with Crippen LogP contribution in [0.15, 0.2) is 47.4 Å². The highest BCUT2D eigenvalue weighted by Crippen LogP contribution is 2.28. The predicted octanol–water partition coefficient (Wildman–Crippen LogP) is 2.52. The van der Waals surface area contributed by atoms with Crippen LogP contribution in [0.2, 0.25) is 0 Å². The predicted molar refractivity (Wildman–Crippen MR) is 94.2 cm³/mol. The van der Waals surface area contributed by atoms with Crippen LogP contribution in [0.25, 0.3) is 10.8 Å². The van der Waals surface area contributed by atoms with Gasteiger partial charge in [-0.05, 0) is 42.2 Å². The Morgan fingerprint density at radius 1 is 1.21 bits per heavy atom. The van der Waals surface area contributed by atoms with E-state index in [1.54, 1.807) is 12.1 Å². The molecule has 128 valence electrons. The fourth-order valence-electron chi connectivity index (χ4n) is 3.12. The molecule has 1 aliphatic rings. The van der Waals surface area contributed by atoms with E-state index in [4.69, 9.17) is 0 Å². The summed E-state index contributed by atoms with van der Waals surface area (Å²) in [6.07, 6.45) is 2.11. The Hall–Kier alpha value is -1.92. The lowest BCUT2D eigenvalue weighted by atomic mass is 10.1. The highest BCUT2D eigenvalue weighted by atomic mass is 32.2. The van der Waals surface area contributed by atoms with E-state index in [1.807, 2.05) is 37.3 Å². The molecule has 2 aromatic carbocycles. The van der Waals surface area contributed by atoms with E-state index in [-0.39, 0.29) is 10.8 Å². The molecule has 6 heteroatoms. The normalized spacial score (nSPS) is 18.8. The minimum Gasteiger partial charge on any atom is -0.355 e. The summed E-state index contributed by atoms with van der Waals surface area (Å²) in [5.74, 6) is -0.196. The summed E-state index contributed by atoms with van der Waals surface area (Å²) >= 11 is 0. The number of carbonyl (C=O) groups is 1. The first-order chi connectivity index (χ1) is 11.5. The number of hydrogen-bond acceptors (Lipinski definition) is 3. The number of rotatable bonds is 5. The van der Waals surface area contributed by atoms with Gasteiger partial charge in [-0.15, -0.1) is 0 Å². The van der Waals surface area contributed by atoms with Crippen molar-refractivity contribution in [2.45, 2.75) is 37.1 Å². The monoisotopic (exact) mass is 346 g/mol. The first-order valence-electron chi connectivity index (χ1n) is 8.32. The number of fused-ring (bicyclic) bond motifs is 1. The van der Waals surface area contributed by atoms with E-state index in [2.05, 4.69) is 5.32 Å². The van der Waals surface area contributed by atoms with Gasteiger partial charge < -0.3 is 5.32 Å². The first-order valence-corrected chi connectivity index (χ1v) is 9.76. The lowest BCUT2D eigenvalue weighted by molar-refractivity contribution is -0.124. The number of amides is 1. The summed E-state index contributed by atoms with van der Waals surface area (Å²) < 4.78 is 27.4. The smallest absolute Gasteiger partial charge is 0.243 e. The molecule has 1 fully saturated rings. The molecule has 0 saturated carbocycles. The van der Waals surface area contributed by atoms with Crippen molar-refractivity contribution in [1.29, 1.82) is 0 Å². The highest BCUT2D eigenvalue weighted by Gasteiger charge is 2.39. The number of carbonyl (C=O) groups excluding carboxylic acids is 1. The summed E-state index contributed by atoms with van der Waals surface area (Å²) in [7, 11) is -3.68. The average Bonchev–Trinajstić information content (AvgIpc) is 3.10. The van der Waals surface area contributed by atoms with Crippen LogP contribution in [0.4, 0.5) is 0 Å². The fraction of sp³-hybridized carbons (Fsp3) is 0.389. The first kappa shape index (κ1) is 16.9. The Labute approximate surface area is 142 Å². The van der Waals surface area contributed by atoms with E-state index >= 15 is 0 Å². The highest BCUT2D eigenvalue weighted by molar-refractivity contribution is 7.89. The van der Waals surface area contributed by atoms with E-state index in [9.17, 15) is 13.2 Å². The molecule has 2 aromatic rings. The van der Waals surface area contributed by atoms with Gasteiger partial charge in [-0.1, -0.05) is 37.3 Å². The van der Waals surface area contributed by atoms with Gasteiger partial charge in [0.05, 0.1) is 4.90 Å². The number of benzene rings is 2. The van der Waals surface area contributed by atoms with Crippen LogP contribution < -0.4 is 5.32 Å². The maximum atomic E-state index is 13.0. The van der Waals surface area contributed by atoms with Crippen LogP contribution in [-0.4, -0.2) is 37.8 Å². The minimum absolute atomic E-state index is 0.196. The summed E-state index contributed by atoms with van der Waals surface area (Å²) in [5, 5.41) is 4.69. The van der Waals surface area contributed by atoms with Crippen molar-refractivity contribution in [2.75, 3.05) is 13.1 Å². The Balaban J connectivity index is 1.91. The van der Waals surface area contributed by atoms with Crippen molar-refractivity contribution in [3.8, 4) is 0 Å². The summed E-state index contributed by atoms with van der Waals surface area (Å²) in [6.45, 7) is 2.93. The summed E-state index contributed by atoms with van der Waals surface area (Å²) in [5.41, 5.74) is 0. The zero-order valence-corrected chi connectivity index (χ0v) is 14.6. The molecule has 1 aliphatic heterocycles. The third-order valence-electron chi connectivity index (χ3n) is 4.38. The Morgan fingerprint density at radius 2 is 1.96 bits per heavy atom. The van der Waals surface area contributed by atoms with E-state index < -0.39 is 16.1 Å². The molecule has 1 N–H and O–H groups in total. The number of hydrogen-bond donors (Lipinski definition) is 1. The van der Waals surface area contributed by atoms with Gasteiger partial charge in [0.2, 0.25) is 15.9 Å². The number of nitrogens with zero attached hydrogens (tertiary/aromatic N) is 1. The van der Waals surface area contributed by atoms with Crippen LogP contribution in [0.5, 0.6) is 0 Å². The average molecular weight is 346 g/mol. The van der Waals surface area contributed by atoms with Gasteiger partial charge in [0.25, 0.3) is 0 Å². The number of sulfonamides is 1. The zero-order valence-electron chi connectivity index (χ0n) is 13.7. The minimum atomic E-state index is -3.68. The van der Waals surface area contributed by atoms with Crippen molar-refractivity contribution in [1.82, 2.24) is 9.62 Å². The van der Waals surface area contributed by atoms with Crippen molar-refractivity contribution in [2.24, 2.45) is 0 Å². The van der Waals surface area contributed by atoms with E-state index in [0.717, 1.165) is 17.2 Å². The quantitative estimate of drug-likeness (QED) is 0.905. The summed E-state index contributed by atoms with van der Waals surface area (Å²) in [6, 6.07) is 12.2. The second kappa shape index (κ2) is 6.91. The van der Waals surface area contributed by atoms with Crippen LogP contribution in [0.3, 0.4) is 0 Å². The standard InChI is InChI=1S/C18H22N2O3S/c1-2-11-19-18(21)17-8-5-12-20(17)24(22,23)16-10-9-14-6-3-4-7-15(14)13-16/h3-4,6-7,9-10,13,17H,2,5,8,11-12H2,1H3,(H,19,21)/t17-/m1/s1. The zero-order chi connectivity index (χ0) is 17.2. The Morgan fingerprint density at radius 3 is 2.71 bits per heavy atom. The lowest BCUT2D eigenvalue weighted by Crippen LogP contribution is -2.46. The molecule has 0 bridgehead atoms. The van der Waals surface area contributed by atoms with Crippen LogP contribution in [-0.2, 0) is 14.8 Å². The third kappa shape index (κ3) is 3.16. The molecule has 1 heterocycles. The Kier molecular flexibility index (Phi) is 4.87. The van der Waals surface area contributed by atoms with Crippen molar-refractivity contribution in [3.63, 3.8) is 0 Å². The van der Waals surface area contributed by atoms with Gasteiger partial charge >= 0.3 is 0 Å². The van der Waals surface area contributed by atoms with Crippen molar-refractivity contribution >= 4 is 26.7 Å². The molecule has 1 amide bonds. The van der Waals surface area contributed by atoms with Crippen molar-refractivity contribution < 1.29 is 13.2 Å². The van der Waals surface area contributed by atoms with Gasteiger partial charge in [0, 0.05) is 13.1 Å². The van der Waals surface area contributed by atoms with Gasteiger partial charge in [0.1, 0.15) is 6.04 Å². The molecule has 24 heavy (non-hydrogen) atoms. The van der Waals surface area contributed by atoms with Crippen LogP contribution >= 0.6 is 0 Å². The fourth-order valence-corrected chi connectivity index (χ4v) is 4.81. The number of nitrogens with one attached hydrogen (secondary N) is 1. The topological polar surface area (TPSA) is 66.5 Å². The molecular formula is C18H22N2O3S. The second-order valence-corrected chi connectivity index (χ2v) is 7.96. The molecule has 0 aromatic heterocycles. The van der Waals surface area contributed by atoms with Crippen LogP contribution in [0, 0.1) is 0 Å². The van der Waals surface area contributed by atoms with Crippen molar-refractivity contribution in [3.05, 3.63) is 42.5 Å². The van der Waals surface area contributed by atoms with E-state index in [0.29, 0.717) is 25.9 Å². The van der Waals surface area contributed by atoms with E-state index in [1.165, 1.54) is 4.31 Å². The molecule has 0 spiro atoms. The molecule has 3 rings (SSSR count). The molecule has 0 unspecified atom stereocenters. The molecule has 5 nitrogen and oxygen atoms in total. The molecule has 0 aliphatic carbocycles. The largest absolute Gasteiger partial charge is 0.355 e. The van der Waals surface area contributed by atoms with Gasteiger partial charge in [-0.2, -0.15) is 4.31 Å². The van der Waals surface area contributed by atoms with Gasteiger partial charge in [-0.25, -0.2) is 8.42 Å². The Bertz CT molecular complexity index is 848. The maximum Gasteiger partial charge on any atom is 0.243 e. The third-order valence-corrected chi connectivity index (χ3v) is 6.29. The van der Waals surface area contributed by atoms with Crippen LogP contribution in [0.1, 0.15) is 26.2 Å².